The van der Waals surface area contributed by atoms with Crippen LogP contribution in [0.2, 0.25) is 0 Å². The molecule has 1 amide bonds. The molecule has 2 aromatic heterocycles. The molecule has 9 nitrogen and oxygen atoms in total. The molecule has 3 aromatic rings. The van der Waals surface area contributed by atoms with Crippen molar-refractivity contribution in [3.8, 4) is 17.5 Å². The molecule has 10 heteroatoms. The lowest BCUT2D eigenvalue weighted by molar-refractivity contribution is -0.112. The number of benzene rings is 1. The Morgan fingerprint density at radius 2 is 2.03 bits per heavy atom. The molecule has 1 fully saturated rings. The molecule has 33 heavy (non-hydrogen) atoms. The molecule has 170 valence electrons. The summed E-state index contributed by atoms with van der Waals surface area (Å²) in [5.74, 6) is 0.213. The van der Waals surface area contributed by atoms with E-state index in [-0.39, 0.29) is 5.57 Å². The molecule has 0 spiro atoms. The Morgan fingerprint density at radius 1 is 1.27 bits per heavy atom. The molecule has 0 bridgehead atoms. The average molecular weight is 465 g/mol. The number of anilines is 2. The van der Waals surface area contributed by atoms with Crippen LogP contribution in [0.4, 0.5) is 10.3 Å². The summed E-state index contributed by atoms with van der Waals surface area (Å²) in [6, 6.07) is 11.6. The minimum atomic E-state index is -0.524. The minimum Gasteiger partial charge on any atom is -0.495 e. The molecule has 0 radical (unpaired) electrons. The van der Waals surface area contributed by atoms with Crippen LogP contribution in [-0.4, -0.2) is 54.1 Å². The van der Waals surface area contributed by atoms with Gasteiger partial charge < -0.3 is 18.9 Å². The maximum absolute atomic E-state index is 12.8. The Kier molecular flexibility index (Phi) is 6.72. The highest BCUT2D eigenvalue weighted by atomic mass is 32.1. The Labute approximate surface area is 195 Å². The number of carbonyl (C=O) groups excluding carboxylic acids is 1. The number of hydrogen-bond donors (Lipinski definition) is 1. The molecule has 0 atom stereocenters. The molecule has 1 saturated heterocycles. The number of rotatable bonds is 6. The largest absolute Gasteiger partial charge is 0.495 e. The van der Waals surface area contributed by atoms with Crippen molar-refractivity contribution in [3.63, 3.8) is 0 Å². The van der Waals surface area contributed by atoms with Gasteiger partial charge in [-0.25, -0.2) is 0 Å². The van der Waals surface area contributed by atoms with Gasteiger partial charge in [-0.1, -0.05) is 23.5 Å². The van der Waals surface area contributed by atoms with Crippen LogP contribution in [-0.2, 0) is 9.53 Å². The normalized spacial score (nSPS) is 14.1. The van der Waals surface area contributed by atoms with Crippen LogP contribution in [0.15, 0.2) is 35.9 Å². The topological polar surface area (TPSA) is 105 Å². The molecule has 1 N–H and O–H groups in total. The second-order valence-electron chi connectivity index (χ2n) is 7.45. The molecule has 3 heterocycles. The van der Waals surface area contributed by atoms with Crippen LogP contribution in [0.3, 0.4) is 0 Å². The summed E-state index contributed by atoms with van der Waals surface area (Å²) in [6.45, 7) is 6.64. The van der Waals surface area contributed by atoms with Crippen LogP contribution in [0, 0.1) is 25.2 Å². The lowest BCUT2D eigenvalue weighted by atomic mass is 10.1. The quantitative estimate of drug-likeness (QED) is 0.441. The van der Waals surface area contributed by atoms with Gasteiger partial charge in [-0.05, 0) is 43.7 Å². The fraction of sp³-hybridized carbons (Fsp3) is 0.304. The maximum atomic E-state index is 12.8. The Hall–Kier alpha value is -3.68. The van der Waals surface area contributed by atoms with E-state index in [2.05, 4.69) is 20.4 Å². The van der Waals surface area contributed by atoms with E-state index in [1.54, 1.807) is 13.2 Å². The van der Waals surface area contributed by atoms with E-state index < -0.39 is 5.91 Å². The van der Waals surface area contributed by atoms with Crippen LogP contribution in [0.5, 0.6) is 5.75 Å². The first-order chi connectivity index (χ1) is 16.0. The van der Waals surface area contributed by atoms with Crippen molar-refractivity contribution in [1.82, 2.24) is 14.8 Å². The Balaban J connectivity index is 1.56. The third kappa shape index (κ3) is 4.74. The van der Waals surface area contributed by atoms with Crippen molar-refractivity contribution in [2.75, 3.05) is 43.6 Å². The number of amides is 1. The lowest BCUT2D eigenvalue weighted by Crippen LogP contribution is -2.36. The van der Waals surface area contributed by atoms with Crippen molar-refractivity contribution in [3.05, 3.63) is 52.9 Å². The van der Waals surface area contributed by atoms with Gasteiger partial charge in [-0.15, -0.1) is 10.2 Å². The maximum Gasteiger partial charge on any atom is 0.268 e. The number of carbonyl (C=O) groups is 1. The lowest BCUT2D eigenvalue weighted by Gasteiger charge is -2.25. The van der Waals surface area contributed by atoms with Gasteiger partial charge in [0, 0.05) is 24.5 Å². The van der Waals surface area contributed by atoms with Crippen molar-refractivity contribution >= 4 is 33.6 Å². The highest BCUT2D eigenvalue weighted by Gasteiger charge is 2.19. The number of nitrogens with zero attached hydrogens (tertiary/aromatic N) is 5. The van der Waals surface area contributed by atoms with E-state index in [0.29, 0.717) is 18.3 Å². The molecule has 4 rings (SSSR count). The van der Waals surface area contributed by atoms with E-state index in [1.165, 1.54) is 11.3 Å². The molecule has 0 unspecified atom stereocenters. The van der Waals surface area contributed by atoms with Crippen LogP contribution in [0.1, 0.15) is 17.0 Å². The van der Waals surface area contributed by atoms with Crippen molar-refractivity contribution in [1.29, 1.82) is 5.26 Å². The zero-order chi connectivity index (χ0) is 23.4. The number of nitriles is 1. The first kappa shape index (κ1) is 22.5. The molecule has 0 aliphatic carbocycles. The summed E-state index contributed by atoms with van der Waals surface area (Å²) in [7, 11) is 1.63. The van der Waals surface area contributed by atoms with Crippen LogP contribution >= 0.6 is 11.3 Å². The van der Waals surface area contributed by atoms with Gasteiger partial charge in [0.05, 0.1) is 26.0 Å². The van der Waals surface area contributed by atoms with E-state index >= 15 is 0 Å². The summed E-state index contributed by atoms with van der Waals surface area (Å²) in [4.78, 5) is 14.8. The highest BCUT2D eigenvalue weighted by Crippen LogP contribution is 2.29. The standard InChI is InChI=1S/C23H24N6O3S/c1-15-12-17(16(2)29(15)19-6-4-5-7-20(19)31-3)13-18(14-24)21(30)25-22-26-27-23(33-22)28-8-10-32-11-9-28/h4-7,12-13H,8-11H2,1-3H3,(H,25,26,30)/b18-13-. The number of ether oxygens (including phenoxy) is 2. The van der Waals surface area contributed by atoms with Gasteiger partial charge >= 0.3 is 0 Å². The van der Waals surface area contributed by atoms with Crippen LogP contribution < -0.4 is 15.0 Å². The fourth-order valence-corrected chi connectivity index (χ4v) is 4.53. The summed E-state index contributed by atoms with van der Waals surface area (Å²) in [5.41, 5.74) is 3.50. The first-order valence-corrected chi connectivity index (χ1v) is 11.2. The second kappa shape index (κ2) is 9.85. The first-order valence-electron chi connectivity index (χ1n) is 10.4. The smallest absolute Gasteiger partial charge is 0.268 e. The summed E-state index contributed by atoms with van der Waals surface area (Å²) in [6.07, 6.45) is 1.59. The van der Waals surface area contributed by atoms with Gasteiger partial charge in [-0.2, -0.15) is 5.26 Å². The van der Waals surface area contributed by atoms with E-state index in [4.69, 9.17) is 9.47 Å². The molecular formula is C23H24N6O3S. The summed E-state index contributed by atoms with van der Waals surface area (Å²) < 4.78 is 12.9. The predicted molar refractivity (Wildman–Crippen MR) is 127 cm³/mol. The number of nitrogens with one attached hydrogen (secondary N) is 1. The van der Waals surface area contributed by atoms with Gasteiger partial charge in [-0.3, -0.25) is 10.1 Å². The molecule has 1 aromatic carbocycles. The van der Waals surface area contributed by atoms with E-state index in [0.717, 1.165) is 46.6 Å². The van der Waals surface area contributed by atoms with E-state index in [9.17, 15) is 10.1 Å². The number of methoxy groups -OCH3 is 1. The fourth-order valence-electron chi connectivity index (χ4n) is 3.74. The number of morpholine rings is 1. The Bertz CT molecular complexity index is 1230. The molecular weight excluding hydrogens is 440 g/mol. The second-order valence-corrected chi connectivity index (χ2v) is 8.40. The number of aromatic nitrogens is 3. The van der Waals surface area contributed by atoms with Crippen LogP contribution in [0.25, 0.3) is 11.8 Å². The SMILES string of the molecule is COc1ccccc1-n1c(C)cc(/C=C(/C#N)C(=O)Nc2nnc(N3CCOCC3)s2)c1C. The van der Waals surface area contributed by atoms with Crippen molar-refractivity contribution in [2.45, 2.75) is 13.8 Å². The molecule has 0 saturated carbocycles. The van der Waals surface area contributed by atoms with E-state index in [1.807, 2.05) is 54.8 Å². The van der Waals surface area contributed by atoms with Gasteiger partial charge in [0.15, 0.2) is 0 Å². The minimum absolute atomic E-state index is 0.0154. The van der Waals surface area contributed by atoms with Crippen molar-refractivity contribution < 1.29 is 14.3 Å². The number of aryl methyl sites for hydroxylation is 1. The number of para-hydroxylation sites is 2. The summed E-state index contributed by atoms with van der Waals surface area (Å²) >= 11 is 1.27. The average Bonchev–Trinajstić information content (AvgIpc) is 3.41. The summed E-state index contributed by atoms with van der Waals surface area (Å²) in [5, 5.41) is 21.6. The third-order valence-corrected chi connectivity index (χ3v) is 6.28. The highest BCUT2D eigenvalue weighted by molar-refractivity contribution is 7.19. The number of hydrogen-bond acceptors (Lipinski definition) is 8. The van der Waals surface area contributed by atoms with Crippen molar-refractivity contribution in [2.24, 2.45) is 0 Å². The predicted octanol–water partition coefficient (Wildman–Crippen LogP) is 3.34. The Morgan fingerprint density at radius 3 is 2.76 bits per heavy atom. The van der Waals surface area contributed by atoms with Gasteiger partial charge in [0.2, 0.25) is 10.3 Å². The zero-order valence-corrected chi connectivity index (χ0v) is 19.5. The zero-order valence-electron chi connectivity index (χ0n) is 18.7. The monoisotopic (exact) mass is 464 g/mol. The molecule has 1 aliphatic heterocycles. The van der Waals surface area contributed by atoms with Gasteiger partial charge in [0.25, 0.3) is 5.91 Å². The van der Waals surface area contributed by atoms with Gasteiger partial charge in [0.1, 0.15) is 17.4 Å². The molecule has 1 aliphatic rings. The third-order valence-electron chi connectivity index (χ3n) is 5.38.